The lowest BCUT2D eigenvalue weighted by molar-refractivity contribution is -0.377. The van der Waals surface area contributed by atoms with Crippen molar-refractivity contribution in [2.75, 3.05) is 4.90 Å². The van der Waals surface area contributed by atoms with Crippen LogP contribution in [0.1, 0.15) is 36.4 Å². The molecule has 1 atom stereocenters. The predicted molar refractivity (Wildman–Crippen MR) is 98.9 cm³/mol. The number of carbonyl (C=O) groups is 1. The van der Waals surface area contributed by atoms with Gasteiger partial charge < -0.3 is 5.73 Å². The van der Waals surface area contributed by atoms with Gasteiger partial charge in [-0.25, -0.2) is 4.98 Å². The van der Waals surface area contributed by atoms with E-state index in [-0.39, 0.29) is 5.78 Å². The Balaban J connectivity index is 1.99. The fraction of sp³-hybridized carbons (Fsp3) is 0.300. The number of aromatic amines is 1. The molecule has 7 nitrogen and oxygen atoms in total. The molecule has 0 spiro atoms. The molecule has 1 aliphatic carbocycles. The molecule has 2 aromatic rings. The molecule has 0 bridgehead atoms. The predicted octanol–water partition coefficient (Wildman–Crippen LogP) is 1.85. The average molecular weight is 361 g/mol. The largest absolute Gasteiger partial charge is 0.384 e. The molecular weight excluding hydrogens is 340 g/mol. The minimum absolute atomic E-state index is 0.0784. The second-order valence-electron chi connectivity index (χ2n) is 6.92. The number of nitrogens with two attached hydrogens (primary N) is 1. The van der Waals surface area contributed by atoms with Crippen molar-refractivity contribution in [3.8, 4) is 6.07 Å². The highest BCUT2D eigenvalue weighted by Gasteiger charge is 2.41. The van der Waals surface area contributed by atoms with Gasteiger partial charge in [0.25, 0.3) is 0 Å². The van der Waals surface area contributed by atoms with Gasteiger partial charge >= 0.3 is 0 Å². The van der Waals surface area contributed by atoms with Crippen molar-refractivity contribution in [3.63, 3.8) is 0 Å². The number of aromatic nitrogens is 3. The zero-order valence-corrected chi connectivity index (χ0v) is 15.4. The molecule has 0 fully saturated rings. The van der Waals surface area contributed by atoms with E-state index in [1.807, 2.05) is 49.6 Å². The van der Waals surface area contributed by atoms with Crippen LogP contribution in [0.5, 0.6) is 0 Å². The van der Waals surface area contributed by atoms with Gasteiger partial charge in [-0.2, -0.15) is 10.4 Å². The molecule has 136 valence electrons. The van der Waals surface area contributed by atoms with Crippen LogP contribution in [-0.4, -0.2) is 15.6 Å². The van der Waals surface area contributed by atoms with Crippen LogP contribution < -0.4 is 15.6 Å². The Morgan fingerprint density at radius 3 is 2.85 bits per heavy atom. The van der Waals surface area contributed by atoms with E-state index in [0.717, 1.165) is 35.5 Å². The first-order valence-electron chi connectivity index (χ1n) is 8.95. The Morgan fingerprint density at radius 2 is 2.22 bits per heavy atom. The Morgan fingerprint density at radius 1 is 1.41 bits per heavy atom. The molecule has 4 rings (SSSR count). The summed E-state index contributed by atoms with van der Waals surface area (Å²) in [6, 6.07) is 6.06. The van der Waals surface area contributed by atoms with E-state index >= 15 is 0 Å². The van der Waals surface area contributed by atoms with E-state index in [0.29, 0.717) is 23.4 Å². The van der Waals surface area contributed by atoms with E-state index < -0.39 is 5.92 Å². The maximum Gasteiger partial charge on any atom is 0.191 e. The fourth-order valence-corrected chi connectivity index (χ4v) is 4.12. The quantitative estimate of drug-likeness (QED) is 0.879. The van der Waals surface area contributed by atoms with Gasteiger partial charge in [-0.15, -0.1) is 0 Å². The standard InChI is InChI=1S/C20H20N6O/c1-12-15(11-25(2)24-12)18-14(9-21)20(22)26(13-5-4-8-23-10-13)16-6-3-7-17(27)19(16)18/h4-5,8,10-11,18H,3,6-7,22H2,1-2H3/p+1. The number of nitrogens with one attached hydrogen (secondary N) is 1. The van der Waals surface area contributed by atoms with E-state index in [2.05, 4.69) is 16.2 Å². The number of hydrogen-bond donors (Lipinski definition) is 1. The van der Waals surface area contributed by atoms with E-state index in [9.17, 15) is 10.1 Å². The highest BCUT2D eigenvalue weighted by atomic mass is 16.1. The number of ketones is 1. The molecule has 0 saturated carbocycles. The Kier molecular flexibility index (Phi) is 4.04. The molecule has 0 amide bonds. The average Bonchev–Trinajstić information content (AvgIpc) is 2.99. The number of anilines is 1. The van der Waals surface area contributed by atoms with E-state index in [1.54, 1.807) is 4.68 Å². The molecule has 2 aliphatic rings. The SMILES string of the molecule is Cc1nn(C)cc1C1C(C#N)=C(N)N(c2ccc[nH+]c2)C2=C1C(=O)CCC2. The van der Waals surface area contributed by atoms with Gasteiger partial charge in [0.2, 0.25) is 0 Å². The van der Waals surface area contributed by atoms with Crippen LogP contribution in [0.25, 0.3) is 0 Å². The third-order valence-corrected chi connectivity index (χ3v) is 5.22. The van der Waals surface area contributed by atoms with E-state index in [4.69, 9.17) is 5.73 Å². The van der Waals surface area contributed by atoms with Crippen LogP contribution in [0.2, 0.25) is 0 Å². The molecule has 3 N–H and O–H groups in total. The number of nitrogens with zero attached hydrogens (tertiary/aromatic N) is 4. The number of H-pyrrole nitrogens is 1. The number of Topliss-reactive ketones (excluding diaryl/α,β-unsaturated/α-hetero) is 1. The molecule has 7 heteroatoms. The summed E-state index contributed by atoms with van der Waals surface area (Å²) in [5.41, 5.74) is 10.9. The van der Waals surface area contributed by atoms with Gasteiger partial charge in [-0.05, 0) is 25.8 Å². The number of pyridine rings is 1. The van der Waals surface area contributed by atoms with Crippen molar-refractivity contribution in [1.29, 1.82) is 5.26 Å². The Bertz CT molecular complexity index is 1020. The zero-order valence-electron chi connectivity index (χ0n) is 15.4. The highest BCUT2D eigenvalue weighted by molar-refractivity contribution is 6.01. The first kappa shape index (κ1) is 17.0. The van der Waals surface area contributed by atoms with Crippen molar-refractivity contribution in [2.45, 2.75) is 32.1 Å². The monoisotopic (exact) mass is 361 g/mol. The van der Waals surface area contributed by atoms with Gasteiger partial charge in [0, 0.05) is 42.6 Å². The maximum atomic E-state index is 13.0. The highest BCUT2D eigenvalue weighted by Crippen LogP contribution is 2.46. The number of nitriles is 1. The Hall–Kier alpha value is -3.40. The maximum absolute atomic E-state index is 13.0. The molecule has 0 radical (unpaired) electrons. The first-order chi connectivity index (χ1) is 13.0. The van der Waals surface area contributed by atoms with Crippen molar-refractivity contribution in [3.05, 3.63) is 64.6 Å². The van der Waals surface area contributed by atoms with Crippen molar-refractivity contribution in [1.82, 2.24) is 9.78 Å². The summed E-state index contributed by atoms with van der Waals surface area (Å²) in [6.07, 6.45) is 7.51. The number of aryl methyl sites for hydroxylation is 2. The summed E-state index contributed by atoms with van der Waals surface area (Å²) in [5, 5.41) is 14.4. The summed E-state index contributed by atoms with van der Waals surface area (Å²) in [6.45, 7) is 1.90. The smallest absolute Gasteiger partial charge is 0.191 e. The van der Waals surface area contributed by atoms with Crippen LogP contribution in [0, 0.1) is 18.3 Å². The lowest BCUT2D eigenvalue weighted by Gasteiger charge is -2.38. The molecule has 0 saturated heterocycles. The normalized spacial score (nSPS) is 20.0. The minimum atomic E-state index is -0.463. The topological polar surface area (TPSA) is 102 Å². The number of allylic oxidation sites excluding steroid dienone is 3. The zero-order chi connectivity index (χ0) is 19.1. The second kappa shape index (κ2) is 6.40. The summed E-state index contributed by atoms with van der Waals surface area (Å²) in [4.78, 5) is 17.9. The lowest BCUT2D eigenvalue weighted by atomic mass is 9.75. The van der Waals surface area contributed by atoms with Gasteiger partial charge in [0.15, 0.2) is 18.2 Å². The Labute approximate surface area is 157 Å². The molecule has 1 aliphatic heterocycles. The van der Waals surface area contributed by atoms with Crippen molar-refractivity contribution < 1.29 is 9.78 Å². The van der Waals surface area contributed by atoms with Gasteiger partial charge in [-0.3, -0.25) is 14.4 Å². The van der Waals surface area contributed by atoms with E-state index in [1.165, 1.54) is 0 Å². The molecule has 27 heavy (non-hydrogen) atoms. The van der Waals surface area contributed by atoms with Crippen molar-refractivity contribution >= 4 is 11.5 Å². The minimum Gasteiger partial charge on any atom is -0.384 e. The lowest BCUT2D eigenvalue weighted by Crippen LogP contribution is -2.39. The number of rotatable bonds is 2. The van der Waals surface area contributed by atoms with Crippen LogP contribution >= 0.6 is 0 Å². The van der Waals surface area contributed by atoms with Gasteiger partial charge in [-0.1, -0.05) is 0 Å². The first-order valence-corrected chi connectivity index (χ1v) is 8.95. The summed E-state index contributed by atoms with van der Waals surface area (Å²) < 4.78 is 1.71. The molecular formula is C20H21N6O+. The summed E-state index contributed by atoms with van der Waals surface area (Å²) in [5.74, 6) is -0.0103. The van der Waals surface area contributed by atoms with Gasteiger partial charge in [0.05, 0.1) is 23.3 Å². The fourth-order valence-electron chi connectivity index (χ4n) is 4.12. The second-order valence-corrected chi connectivity index (χ2v) is 6.92. The van der Waals surface area contributed by atoms with Crippen LogP contribution in [0.3, 0.4) is 0 Å². The number of carbonyl (C=O) groups excluding carboxylic acids is 1. The summed E-state index contributed by atoms with van der Waals surface area (Å²) >= 11 is 0. The van der Waals surface area contributed by atoms with Crippen LogP contribution in [-0.2, 0) is 11.8 Å². The molecule has 2 aromatic heterocycles. The summed E-state index contributed by atoms with van der Waals surface area (Å²) in [7, 11) is 1.84. The third kappa shape index (κ3) is 2.61. The molecule has 0 aromatic carbocycles. The van der Waals surface area contributed by atoms with Crippen molar-refractivity contribution in [2.24, 2.45) is 12.8 Å². The number of hydrogen-bond acceptors (Lipinski definition) is 5. The molecule has 1 unspecified atom stereocenters. The third-order valence-electron chi connectivity index (χ3n) is 5.22. The molecule has 3 heterocycles. The van der Waals surface area contributed by atoms with Crippen LogP contribution in [0.15, 0.2) is 53.4 Å². The van der Waals surface area contributed by atoms with Gasteiger partial charge in [0.1, 0.15) is 11.5 Å². The van der Waals surface area contributed by atoms with Crippen LogP contribution in [0.4, 0.5) is 5.69 Å².